The summed E-state index contributed by atoms with van der Waals surface area (Å²) in [5, 5.41) is 20.1. The van der Waals surface area contributed by atoms with E-state index in [0.717, 1.165) is 30.4 Å². The van der Waals surface area contributed by atoms with E-state index in [1.165, 1.54) is 47.8 Å². The van der Waals surface area contributed by atoms with Crippen LogP contribution in [0.25, 0.3) is 6.08 Å². The van der Waals surface area contributed by atoms with E-state index in [1.54, 1.807) is 6.07 Å². The number of benzene rings is 1. The van der Waals surface area contributed by atoms with Crippen molar-refractivity contribution in [3.8, 4) is 0 Å². The van der Waals surface area contributed by atoms with Crippen LogP contribution >= 0.6 is 23.5 Å². The standard InChI is InChI=1S/C16H15NO5S2/c18-13(7-6-11-4-3-5-12(10-11)17(21)22)14(15(19)20)16-23-8-1-2-9-24-16/h3-7,10H,1-2,8-9H2,(H,19,20). The molecule has 1 aromatic carbocycles. The second kappa shape index (κ2) is 8.70. The number of nitro benzene ring substituents is 1. The van der Waals surface area contributed by atoms with Crippen molar-refractivity contribution in [1.29, 1.82) is 0 Å². The summed E-state index contributed by atoms with van der Waals surface area (Å²) in [6.07, 6.45) is 4.53. The van der Waals surface area contributed by atoms with Gasteiger partial charge in [0, 0.05) is 12.1 Å². The van der Waals surface area contributed by atoms with Crippen LogP contribution < -0.4 is 0 Å². The van der Waals surface area contributed by atoms with Crippen molar-refractivity contribution in [3.05, 3.63) is 55.8 Å². The first-order valence-corrected chi connectivity index (χ1v) is 9.16. The van der Waals surface area contributed by atoms with Crippen molar-refractivity contribution in [2.45, 2.75) is 12.8 Å². The maximum atomic E-state index is 12.3. The number of hydrogen-bond donors (Lipinski definition) is 1. The van der Waals surface area contributed by atoms with Crippen LogP contribution in [0.2, 0.25) is 0 Å². The highest BCUT2D eigenvalue weighted by Gasteiger charge is 2.22. The number of ketones is 1. The molecule has 24 heavy (non-hydrogen) atoms. The predicted molar refractivity (Wildman–Crippen MR) is 95.9 cm³/mol. The van der Waals surface area contributed by atoms with Gasteiger partial charge in [0.05, 0.1) is 9.16 Å². The van der Waals surface area contributed by atoms with Gasteiger partial charge >= 0.3 is 5.97 Å². The highest BCUT2D eigenvalue weighted by molar-refractivity contribution is 8.22. The number of allylic oxidation sites excluding steroid dienone is 1. The number of carbonyl (C=O) groups excluding carboxylic acids is 1. The lowest BCUT2D eigenvalue weighted by Crippen LogP contribution is -2.11. The fourth-order valence-corrected chi connectivity index (χ4v) is 4.58. The summed E-state index contributed by atoms with van der Waals surface area (Å²) in [7, 11) is 0. The average Bonchev–Trinajstić information content (AvgIpc) is 2.82. The average molecular weight is 365 g/mol. The molecule has 1 aliphatic rings. The number of thioether (sulfide) groups is 2. The number of carboxylic acids is 1. The summed E-state index contributed by atoms with van der Waals surface area (Å²) in [5.41, 5.74) is 0.151. The molecule has 6 nitrogen and oxygen atoms in total. The largest absolute Gasteiger partial charge is 0.477 e. The van der Waals surface area contributed by atoms with Gasteiger partial charge in [0.1, 0.15) is 5.57 Å². The molecule has 0 saturated carbocycles. The Labute approximate surface area is 147 Å². The van der Waals surface area contributed by atoms with Crippen LogP contribution in [-0.4, -0.2) is 33.3 Å². The highest BCUT2D eigenvalue weighted by Crippen LogP contribution is 2.36. The molecule has 0 radical (unpaired) electrons. The van der Waals surface area contributed by atoms with Gasteiger partial charge < -0.3 is 5.11 Å². The van der Waals surface area contributed by atoms with E-state index >= 15 is 0 Å². The summed E-state index contributed by atoms with van der Waals surface area (Å²) in [4.78, 5) is 34.0. The third-order valence-electron chi connectivity index (χ3n) is 3.18. The van der Waals surface area contributed by atoms with Crippen LogP contribution in [0.5, 0.6) is 0 Å². The lowest BCUT2D eigenvalue weighted by atomic mass is 10.1. The number of aliphatic carboxylic acids is 1. The first-order valence-electron chi connectivity index (χ1n) is 7.19. The quantitative estimate of drug-likeness (QED) is 0.279. The Morgan fingerprint density at radius 1 is 1.21 bits per heavy atom. The van der Waals surface area contributed by atoms with Gasteiger partial charge in [-0.15, -0.1) is 23.5 Å². The summed E-state index contributed by atoms with van der Waals surface area (Å²) in [5.74, 6) is -0.270. The Kier molecular flexibility index (Phi) is 6.62. The summed E-state index contributed by atoms with van der Waals surface area (Å²) < 4.78 is 0.536. The molecule has 0 bridgehead atoms. The van der Waals surface area contributed by atoms with Crippen LogP contribution in [-0.2, 0) is 9.59 Å². The van der Waals surface area contributed by atoms with Gasteiger partial charge in [-0.05, 0) is 36.0 Å². The molecular weight excluding hydrogens is 350 g/mol. The van der Waals surface area contributed by atoms with E-state index in [4.69, 9.17) is 0 Å². The van der Waals surface area contributed by atoms with Crippen molar-refractivity contribution >= 4 is 47.0 Å². The molecule has 0 aliphatic carbocycles. The molecule has 1 fully saturated rings. The third-order valence-corrected chi connectivity index (χ3v) is 5.80. The Morgan fingerprint density at radius 3 is 2.46 bits per heavy atom. The van der Waals surface area contributed by atoms with E-state index in [9.17, 15) is 24.8 Å². The van der Waals surface area contributed by atoms with Gasteiger partial charge in [-0.1, -0.05) is 18.2 Å². The number of nitro groups is 1. The first-order chi connectivity index (χ1) is 11.5. The lowest BCUT2D eigenvalue weighted by molar-refractivity contribution is -0.384. The molecule has 1 heterocycles. The van der Waals surface area contributed by atoms with Crippen LogP contribution in [0.15, 0.2) is 40.2 Å². The molecule has 1 aliphatic heterocycles. The molecule has 8 heteroatoms. The highest BCUT2D eigenvalue weighted by atomic mass is 32.2. The normalized spacial score (nSPS) is 15.1. The minimum Gasteiger partial charge on any atom is -0.477 e. The minimum atomic E-state index is -1.25. The number of nitrogens with zero attached hydrogens (tertiary/aromatic N) is 1. The van der Waals surface area contributed by atoms with E-state index in [1.807, 2.05) is 0 Å². The van der Waals surface area contributed by atoms with Gasteiger partial charge in [0.2, 0.25) is 0 Å². The fraction of sp³-hybridized carbons (Fsp3) is 0.250. The molecule has 1 N–H and O–H groups in total. The smallest absolute Gasteiger partial charge is 0.341 e. The van der Waals surface area contributed by atoms with E-state index in [0.29, 0.717) is 9.80 Å². The Bertz CT molecular complexity index is 717. The molecular formula is C16H15NO5S2. The Hall–Kier alpha value is -2.06. The van der Waals surface area contributed by atoms with Crippen LogP contribution in [0.1, 0.15) is 18.4 Å². The number of rotatable bonds is 5. The monoisotopic (exact) mass is 365 g/mol. The number of carbonyl (C=O) groups is 2. The second-order valence-corrected chi connectivity index (χ2v) is 7.39. The molecule has 1 aromatic rings. The number of carboxylic acid groups (broad SMARTS) is 1. The zero-order valence-corrected chi connectivity index (χ0v) is 14.3. The van der Waals surface area contributed by atoms with Crippen molar-refractivity contribution in [1.82, 2.24) is 0 Å². The van der Waals surface area contributed by atoms with Gasteiger partial charge in [0.25, 0.3) is 5.69 Å². The summed E-state index contributed by atoms with van der Waals surface area (Å²) >= 11 is 2.79. The van der Waals surface area contributed by atoms with Crippen LogP contribution in [0.3, 0.4) is 0 Å². The predicted octanol–water partition coefficient (Wildman–Crippen LogP) is 3.73. The zero-order chi connectivity index (χ0) is 17.5. The van der Waals surface area contributed by atoms with Gasteiger partial charge in [-0.2, -0.15) is 0 Å². The SMILES string of the molecule is O=C(O)C(C(=O)C=Cc1cccc([N+](=O)[O-])c1)=C1SCCCCS1. The fourth-order valence-electron chi connectivity index (χ4n) is 2.01. The van der Waals surface area contributed by atoms with Crippen LogP contribution in [0, 0.1) is 10.1 Å². The maximum absolute atomic E-state index is 12.3. The third kappa shape index (κ3) is 4.97. The zero-order valence-electron chi connectivity index (χ0n) is 12.6. The van der Waals surface area contributed by atoms with Crippen molar-refractivity contribution in [3.63, 3.8) is 0 Å². The molecule has 126 valence electrons. The summed E-state index contributed by atoms with van der Waals surface area (Å²) in [6.45, 7) is 0. The maximum Gasteiger partial charge on any atom is 0.341 e. The Balaban J connectivity index is 2.24. The van der Waals surface area contributed by atoms with Gasteiger partial charge in [-0.3, -0.25) is 14.9 Å². The minimum absolute atomic E-state index is 0.0868. The molecule has 0 aromatic heterocycles. The lowest BCUT2D eigenvalue weighted by Gasteiger charge is -2.06. The second-order valence-electron chi connectivity index (χ2n) is 4.92. The molecule has 0 spiro atoms. The van der Waals surface area contributed by atoms with Crippen LogP contribution in [0.4, 0.5) is 5.69 Å². The van der Waals surface area contributed by atoms with E-state index < -0.39 is 16.7 Å². The molecule has 0 atom stereocenters. The number of hydrogen-bond acceptors (Lipinski definition) is 6. The van der Waals surface area contributed by atoms with Gasteiger partial charge in [-0.25, -0.2) is 4.79 Å². The Morgan fingerprint density at radius 2 is 1.88 bits per heavy atom. The molecule has 0 amide bonds. The number of non-ortho nitro benzene ring substituents is 1. The van der Waals surface area contributed by atoms with Gasteiger partial charge in [0.15, 0.2) is 5.78 Å². The van der Waals surface area contributed by atoms with E-state index in [-0.39, 0.29) is 11.3 Å². The molecule has 1 saturated heterocycles. The molecule has 2 rings (SSSR count). The first kappa shape index (κ1) is 18.3. The molecule has 0 unspecified atom stereocenters. The van der Waals surface area contributed by atoms with E-state index in [2.05, 4.69) is 0 Å². The van der Waals surface area contributed by atoms with Crippen molar-refractivity contribution in [2.75, 3.05) is 11.5 Å². The van der Waals surface area contributed by atoms with Crippen molar-refractivity contribution in [2.24, 2.45) is 0 Å². The van der Waals surface area contributed by atoms with Crippen molar-refractivity contribution < 1.29 is 19.6 Å². The summed E-state index contributed by atoms with van der Waals surface area (Å²) in [6, 6.07) is 5.80. The topological polar surface area (TPSA) is 97.5 Å².